The van der Waals surface area contributed by atoms with Crippen molar-refractivity contribution in [3.8, 4) is 0 Å². The second-order valence-corrected chi connectivity index (χ2v) is 6.55. The third-order valence-electron chi connectivity index (χ3n) is 4.91. The number of aromatic nitrogens is 1. The highest BCUT2D eigenvalue weighted by atomic mass is 16.2. The molecule has 1 aliphatic heterocycles. The molecule has 0 N–H and O–H groups in total. The fourth-order valence-electron chi connectivity index (χ4n) is 3.61. The number of carbonyl (C=O) groups is 1. The summed E-state index contributed by atoms with van der Waals surface area (Å²) < 4.78 is 0. The van der Waals surface area contributed by atoms with Gasteiger partial charge in [-0.05, 0) is 30.0 Å². The number of carbonyl (C=O) groups excluding carboxylic acids is 1. The number of rotatable bonds is 4. The molecule has 0 aliphatic carbocycles. The second-order valence-electron chi connectivity index (χ2n) is 6.55. The van der Waals surface area contributed by atoms with E-state index in [0.29, 0.717) is 12.3 Å². The topological polar surface area (TPSA) is 33.2 Å². The molecule has 3 nitrogen and oxygen atoms in total. The minimum atomic E-state index is 0.193. The van der Waals surface area contributed by atoms with Gasteiger partial charge in [0.25, 0.3) is 0 Å². The van der Waals surface area contributed by atoms with Crippen LogP contribution in [0.5, 0.6) is 0 Å². The van der Waals surface area contributed by atoms with Crippen LogP contribution in [0.4, 0.5) is 5.69 Å². The molecule has 1 aliphatic rings. The molecule has 0 saturated carbocycles. The lowest BCUT2D eigenvalue weighted by Gasteiger charge is -2.44. The summed E-state index contributed by atoms with van der Waals surface area (Å²) in [6, 6.07) is 20.7. The van der Waals surface area contributed by atoms with Gasteiger partial charge in [-0.2, -0.15) is 0 Å². The van der Waals surface area contributed by atoms with Gasteiger partial charge in [-0.25, -0.2) is 0 Å². The molecule has 1 aromatic heterocycles. The summed E-state index contributed by atoms with van der Waals surface area (Å²) in [4.78, 5) is 18.8. The Morgan fingerprint density at radius 3 is 2.67 bits per heavy atom. The molecule has 1 amide bonds. The average Bonchev–Trinajstić information content (AvgIpc) is 2.60. The number of nitrogens with zero attached hydrogens (tertiary/aromatic N) is 2. The number of anilines is 1. The first-order chi connectivity index (χ1) is 11.7. The SMILES string of the molecule is CC(Cc1ccccc1)C1CC(=O)N1c1cccc2cccnc12. The predicted octanol–water partition coefficient (Wildman–Crippen LogP) is 4.22. The van der Waals surface area contributed by atoms with E-state index >= 15 is 0 Å². The van der Waals surface area contributed by atoms with E-state index in [0.717, 1.165) is 23.0 Å². The molecule has 0 radical (unpaired) electrons. The molecule has 2 atom stereocenters. The molecule has 2 heterocycles. The molecule has 3 aromatic rings. The van der Waals surface area contributed by atoms with Gasteiger partial charge in [0.2, 0.25) is 5.91 Å². The lowest BCUT2D eigenvalue weighted by molar-refractivity contribution is -0.125. The number of para-hydroxylation sites is 1. The Morgan fingerprint density at radius 2 is 1.88 bits per heavy atom. The summed E-state index contributed by atoms with van der Waals surface area (Å²) in [7, 11) is 0. The maximum Gasteiger partial charge on any atom is 0.229 e. The lowest BCUT2D eigenvalue weighted by atomic mass is 9.85. The maximum atomic E-state index is 12.3. The molecule has 2 unspecified atom stereocenters. The van der Waals surface area contributed by atoms with Crippen LogP contribution in [0.1, 0.15) is 18.9 Å². The number of pyridine rings is 1. The van der Waals surface area contributed by atoms with Gasteiger partial charge < -0.3 is 4.90 Å². The minimum absolute atomic E-state index is 0.193. The van der Waals surface area contributed by atoms with Gasteiger partial charge in [-0.3, -0.25) is 9.78 Å². The fourth-order valence-corrected chi connectivity index (χ4v) is 3.61. The van der Waals surface area contributed by atoms with E-state index < -0.39 is 0 Å². The van der Waals surface area contributed by atoms with E-state index in [9.17, 15) is 4.79 Å². The Hall–Kier alpha value is -2.68. The smallest absolute Gasteiger partial charge is 0.229 e. The van der Waals surface area contributed by atoms with Crippen molar-refractivity contribution in [3.05, 3.63) is 72.4 Å². The highest BCUT2D eigenvalue weighted by Gasteiger charge is 2.41. The number of β-lactam (4-membered cyclic amide) rings is 1. The third-order valence-corrected chi connectivity index (χ3v) is 4.91. The van der Waals surface area contributed by atoms with Crippen LogP contribution in [0.3, 0.4) is 0 Å². The minimum Gasteiger partial charge on any atom is -0.306 e. The zero-order valence-electron chi connectivity index (χ0n) is 13.7. The Bertz CT molecular complexity index is 870. The summed E-state index contributed by atoms with van der Waals surface area (Å²) in [5.74, 6) is 0.599. The molecule has 0 spiro atoms. The van der Waals surface area contributed by atoms with Crippen molar-refractivity contribution in [2.24, 2.45) is 5.92 Å². The molecular formula is C21H20N2O. The largest absolute Gasteiger partial charge is 0.306 e. The van der Waals surface area contributed by atoms with E-state index in [4.69, 9.17) is 0 Å². The van der Waals surface area contributed by atoms with Crippen molar-refractivity contribution in [2.75, 3.05) is 4.90 Å². The number of hydrogen-bond acceptors (Lipinski definition) is 2. The first-order valence-corrected chi connectivity index (χ1v) is 8.44. The summed E-state index contributed by atoms with van der Waals surface area (Å²) >= 11 is 0. The molecule has 1 fully saturated rings. The average molecular weight is 316 g/mol. The monoisotopic (exact) mass is 316 g/mol. The standard InChI is InChI=1S/C21H20N2O/c1-15(13-16-7-3-2-4-8-16)19-14-20(24)23(19)18-11-5-9-17-10-6-12-22-21(17)18/h2-12,15,19H,13-14H2,1H3. The van der Waals surface area contributed by atoms with Crippen LogP contribution in [0.2, 0.25) is 0 Å². The zero-order valence-corrected chi connectivity index (χ0v) is 13.7. The van der Waals surface area contributed by atoms with Crippen molar-refractivity contribution in [2.45, 2.75) is 25.8 Å². The molecule has 24 heavy (non-hydrogen) atoms. The molecule has 1 saturated heterocycles. The van der Waals surface area contributed by atoms with Crippen LogP contribution in [0.25, 0.3) is 10.9 Å². The highest BCUT2D eigenvalue weighted by Crippen LogP contribution is 2.36. The van der Waals surface area contributed by atoms with Gasteiger partial charge in [0.05, 0.1) is 11.2 Å². The maximum absolute atomic E-state index is 12.3. The van der Waals surface area contributed by atoms with Crippen LogP contribution in [0, 0.1) is 5.92 Å². The lowest BCUT2D eigenvalue weighted by Crippen LogP contribution is -2.56. The van der Waals surface area contributed by atoms with Gasteiger partial charge >= 0.3 is 0 Å². The van der Waals surface area contributed by atoms with Gasteiger partial charge in [0.15, 0.2) is 0 Å². The molecule has 3 heteroatoms. The Balaban J connectivity index is 1.63. The number of fused-ring (bicyclic) bond motifs is 1. The van der Waals surface area contributed by atoms with Gasteiger partial charge in [0, 0.05) is 24.0 Å². The molecular weight excluding hydrogens is 296 g/mol. The third kappa shape index (κ3) is 2.56. The number of benzene rings is 2. The van der Waals surface area contributed by atoms with Crippen LogP contribution in [-0.2, 0) is 11.2 Å². The van der Waals surface area contributed by atoms with Crippen molar-refractivity contribution in [3.63, 3.8) is 0 Å². The number of amides is 1. The summed E-state index contributed by atoms with van der Waals surface area (Å²) in [5, 5.41) is 1.07. The zero-order chi connectivity index (χ0) is 16.5. The Kier molecular flexibility index (Phi) is 3.77. The van der Waals surface area contributed by atoms with Gasteiger partial charge in [-0.1, -0.05) is 55.5 Å². The van der Waals surface area contributed by atoms with E-state index in [1.165, 1.54) is 5.56 Å². The first-order valence-electron chi connectivity index (χ1n) is 8.44. The molecule has 120 valence electrons. The Morgan fingerprint density at radius 1 is 1.08 bits per heavy atom. The fraction of sp³-hybridized carbons (Fsp3) is 0.238. The number of hydrogen-bond donors (Lipinski definition) is 0. The van der Waals surface area contributed by atoms with Crippen molar-refractivity contribution >= 4 is 22.5 Å². The van der Waals surface area contributed by atoms with Crippen LogP contribution >= 0.6 is 0 Å². The normalized spacial score (nSPS) is 18.5. The molecule has 4 rings (SSSR count). The van der Waals surface area contributed by atoms with Crippen molar-refractivity contribution < 1.29 is 4.79 Å². The summed E-state index contributed by atoms with van der Waals surface area (Å²) in [6.45, 7) is 2.23. The predicted molar refractivity (Wildman–Crippen MR) is 96.9 cm³/mol. The van der Waals surface area contributed by atoms with Gasteiger partial charge in [-0.15, -0.1) is 0 Å². The molecule has 0 bridgehead atoms. The first kappa shape index (κ1) is 14.9. The Labute approximate surface area is 141 Å². The van der Waals surface area contributed by atoms with E-state index in [-0.39, 0.29) is 11.9 Å². The van der Waals surface area contributed by atoms with Crippen molar-refractivity contribution in [1.29, 1.82) is 0 Å². The highest BCUT2D eigenvalue weighted by molar-refractivity contribution is 6.07. The van der Waals surface area contributed by atoms with Gasteiger partial charge in [0.1, 0.15) is 0 Å². The quantitative estimate of drug-likeness (QED) is 0.675. The molecule has 2 aromatic carbocycles. The van der Waals surface area contributed by atoms with Crippen LogP contribution in [-0.4, -0.2) is 16.9 Å². The second kappa shape index (κ2) is 6.08. The van der Waals surface area contributed by atoms with Crippen LogP contribution < -0.4 is 4.90 Å². The summed E-state index contributed by atoms with van der Waals surface area (Å²) in [6.07, 6.45) is 3.39. The summed E-state index contributed by atoms with van der Waals surface area (Å²) in [5.41, 5.74) is 3.17. The van der Waals surface area contributed by atoms with Crippen LogP contribution in [0.15, 0.2) is 66.9 Å². The van der Waals surface area contributed by atoms with E-state index in [1.807, 2.05) is 41.3 Å². The van der Waals surface area contributed by atoms with E-state index in [2.05, 4.69) is 36.2 Å². The van der Waals surface area contributed by atoms with E-state index in [1.54, 1.807) is 6.20 Å². The van der Waals surface area contributed by atoms with Crippen molar-refractivity contribution in [1.82, 2.24) is 4.98 Å².